The number of alkyl halides is 3. The Hall–Kier alpha value is -2.40. The number of nitrogens with zero attached hydrogens (tertiary/aromatic N) is 5. The highest BCUT2D eigenvalue weighted by atomic mass is 32.2. The lowest BCUT2D eigenvalue weighted by atomic mass is 9.94. The van der Waals surface area contributed by atoms with Gasteiger partial charge in [0.2, 0.25) is 5.82 Å². The molecule has 2 aliphatic rings. The number of halogens is 4. The van der Waals surface area contributed by atoms with Crippen molar-refractivity contribution >= 4 is 11.8 Å². The van der Waals surface area contributed by atoms with E-state index in [4.69, 9.17) is 4.42 Å². The maximum absolute atomic E-state index is 13.5. The van der Waals surface area contributed by atoms with Crippen LogP contribution < -0.4 is 0 Å². The Labute approximate surface area is 198 Å². The van der Waals surface area contributed by atoms with E-state index in [1.54, 1.807) is 11.8 Å². The number of benzene rings is 1. The van der Waals surface area contributed by atoms with E-state index in [1.807, 2.05) is 18.5 Å². The van der Waals surface area contributed by atoms with Crippen LogP contribution in [-0.4, -0.2) is 50.0 Å². The van der Waals surface area contributed by atoms with Gasteiger partial charge in [0.1, 0.15) is 5.82 Å². The molecule has 1 aliphatic heterocycles. The number of rotatable bonds is 7. The second-order valence-electron chi connectivity index (χ2n) is 9.21. The molecule has 6 nitrogen and oxygen atoms in total. The molecule has 1 aromatic carbocycles. The fraction of sp³-hybridized carbons (Fsp3) is 0.522. The van der Waals surface area contributed by atoms with Crippen LogP contribution in [0.4, 0.5) is 17.6 Å². The molecule has 1 spiro atoms. The fourth-order valence-electron chi connectivity index (χ4n) is 5.10. The SMILES string of the molecule is Cc1ncoc1-c1nnc(SCCCN2CCC3(C[C@H]3c3ccc(F)cc3C(F)(F)F)C2)n1C. The Balaban J connectivity index is 1.14. The standard InChI is InChI=1S/C23H25F4N5OS/c1-14-19(33-13-28-14)20-29-30-21(31(20)2)34-9-3-7-32-8-6-22(12-32)11-18(22)16-5-4-15(24)10-17(16)23(25,26)27/h4-5,10,13,18H,3,6-9,11-12H2,1-2H3/t18-,22?/m0/s1. The lowest BCUT2D eigenvalue weighted by Crippen LogP contribution is -2.23. The van der Waals surface area contributed by atoms with Crippen molar-refractivity contribution in [1.29, 1.82) is 0 Å². The zero-order valence-electron chi connectivity index (χ0n) is 18.9. The average Bonchev–Trinajstić information content (AvgIpc) is 3.07. The molecule has 0 radical (unpaired) electrons. The van der Waals surface area contributed by atoms with Crippen LogP contribution in [0, 0.1) is 18.2 Å². The predicted octanol–water partition coefficient (Wildman–Crippen LogP) is 5.30. The van der Waals surface area contributed by atoms with E-state index < -0.39 is 17.6 Å². The van der Waals surface area contributed by atoms with Crippen LogP contribution in [0.25, 0.3) is 11.6 Å². The summed E-state index contributed by atoms with van der Waals surface area (Å²) in [5.41, 5.74) is 0.0638. The maximum Gasteiger partial charge on any atom is 0.416 e. The minimum absolute atomic E-state index is 0.113. The van der Waals surface area contributed by atoms with Crippen molar-refractivity contribution in [2.24, 2.45) is 12.5 Å². The van der Waals surface area contributed by atoms with Gasteiger partial charge in [0.05, 0.1) is 11.3 Å². The number of aromatic nitrogens is 4. The Bertz CT molecular complexity index is 1190. The molecule has 2 fully saturated rings. The van der Waals surface area contributed by atoms with Crippen LogP contribution in [0.5, 0.6) is 0 Å². The lowest BCUT2D eigenvalue weighted by molar-refractivity contribution is -0.138. The number of thioether (sulfide) groups is 1. The van der Waals surface area contributed by atoms with Gasteiger partial charge in [-0.3, -0.25) is 0 Å². The fourth-order valence-corrected chi connectivity index (χ4v) is 5.93. The van der Waals surface area contributed by atoms with Crippen molar-refractivity contribution in [2.45, 2.75) is 43.4 Å². The summed E-state index contributed by atoms with van der Waals surface area (Å²) in [4.78, 5) is 6.42. The molecule has 5 rings (SSSR count). The molecule has 0 amide bonds. The van der Waals surface area contributed by atoms with Crippen molar-refractivity contribution < 1.29 is 22.0 Å². The van der Waals surface area contributed by atoms with Crippen molar-refractivity contribution in [3.8, 4) is 11.6 Å². The van der Waals surface area contributed by atoms with E-state index in [0.717, 1.165) is 61.6 Å². The molecule has 1 aliphatic carbocycles. The summed E-state index contributed by atoms with van der Waals surface area (Å²) < 4.78 is 61.1. The van der Waals surface area contributed by atoms with E-state index in [-0.39, 0.29) is 16.9 Å². The Morgan fingerprint density at radius 2 is 2.09 bits per heavy atom. The molecular weight excluding hydrogens is 470 g/mol. The zero-order chi connectivity index (χ0) is 24.1. The summed E-state index contributed by atoms with van der Waals surface area (Å²) in [5.74, 6) is 1.10. The van der Waals surface area contributed by atoms with Crippen LogP contribution >= 0.6 is 11.8 Å². The molecule has 11 heteroatoms. The highest BCUT2D eigenvalue weighted by molar-refractivity contribution is 7.99. The number of aryl methyl sites for hydroxylation is 1. The molecule has 34 heavy (non-hydrogen) atoms. The van der Waals surface area contributed by atoms with Gasteiger partial charge in [0.25, 0.3) is 0 Å². The summed E-state index contributed by atoms with van der Waals surface area (Å²) >= 11 is 1.61. The molecule has 1 saturated carbocycles. The second kappa shape index (κ2) is 8.67. The van der Waals surface area contributed by atoms with Crippen molar-refractivity contribution in [3.05, 3.63) is 47.2 Å². The third kappa shape index (κ3) is 4.35. The van der Waals surface area contributed by atoms with Crippen LogP contribution in [0.3, 0.4) is 0 Å². The second-order valence-corrected chi connectivity index (χ2v) is 10.3. The minimum Gasteiger partial charge on any atom is -0.440 e. The quantitative estimate of drug-likeness (QED) is 0.252. The molecule has 3 heterocycles. The first kappa shape index (κ1) is 23.3. The van der Waals surface area contributed by atoms with Gasteiger partial charge in [-0.25, -0.2) is 9.37 Å². The van der Waals surface area contributed by atoms with Gasteiger partial charge in [0.15, 0.2) is 17.3 Å². The van der Waals surface area contributed by atoms with Gasteiger partial charge < -0.3 is 13.9 Å². The molecule has 2 atom stereocenters. The molecular formula is C23H25F4N5OS. The smallest absolute Gasteiger partial charge is 0.416 e. The van der Waals surface area contributed by atoms with E-state index in [2.05, 4.69) is 20.1 Å². The first-order valence-corrected chi connectivity index (χ1v) is 12.2. The Kier molecular flexibility index (Phi) is 5.96. The lowest BCUT2D eigenvalue weighted by Gasteiger charge is -2.17. The number of hydrogen-bond donors (Lipinski definition) is 0. The van der Waals surface area contributed by atoms with Gasteiger partial charge in [-0.15, -0.1) is 10.2 Å². The number of hydrogen-bond acceptors (Lipinski definition) is 6. The molecule has 1 unspecified atom stereocenters. The topological polar surface area (TPSA) is 60.0 Å². The largest absolute Gasteiger partial charge is 0.440 e. The van der Waals surface area contributed by atoms with E-state index in [9.17, 15) is 17.6 Å². The maximum atomic E-state index is 13.5. The summed E-state index contributed by atoms with van der Waals surface area (Å²) in [6.45, 7) is 4.40. The first-order valence-electron chi connectivity index (χ1n) is 11.2. The Morgan fingerprint density at radius 1 is 1.26 bits per heavy atom. The van der Waals surface area contributed by atoms with Crippen LogP contribution in [-0.2, 0) is 13.2 Å². The summed E-state index contributed by atoms with van der Waals surface area (Å²) in [5, 5.41) is 9.26. The third-order valence-corrected chi connectivity index (χ3v) is 8.09. The third-order valence-electron chi connectivity index (χ3n) is 6.98. The normalized spacial score (nSPS) is 22.7. The zero-order valence-corrected chi connectivity index (χ0v) is 19.7. The first-order chi connectivity index (χ1) is 16.2. The van der Waals surface area contributed by atoms with E-state index in [0.29, 0.717) is 17.7 Å². The van der Waals surface area contributed by atoms with Crippen LogP contribution in [0.1, 0.15) is 42.0 Å². The van der Waals surface area contributed by atoms with Gasteiger partial charge in [-0.1, -0.05) is 17.8 Å². The monoisotopic (exact) mass is 495 g/mol. The van der Waals surface area contributed by atoms with Gasteiger partial charge in [-0.05, 0) is 68.3 Å². The molecule has 182 valence electrons. The Morgan fingerprint density at radius 3 is 2.82 bits per heavy atom. The van der Waals surface area contributed by atoms with Crippen molar-refractivity contribution in [2.75, 3.05) is 25.4 Å². The van der Waals surface area contributed by atoms with Crippen LogP contribution in [0.15, 0.2) is 34.2 Å². The average molecular weight is 496 g/mol. The summed E-state index contributed by atoms with van der Waals surface area (Å²) in [7, 11) is 1.89. The molecule has 3 aromatic rings. The number of oxazole rings is 1. The van der Waals surface area contributed by atoms with Crippen molar-refractivity contribution in [3.63, 3.8) is 0 Å². The molecule has 2 aromatic heterocycles. The summed E-state index contributed by atoms with van der Waals surface area (Å²) in [6, 6.07) is 3.10. The number of likely N-dealkylation sites (tertiary alicyclic amines) is 1. The summed E-state index contributed by atoms with van der Waals surface area (Å²) in [6.07, 6.45) is -0.611. The van der Waals surface area contributed by atoms with E-state index in [1.165, 1.54) is 12.5 Å². The predicted molar refractivity (Wildman–Crippen MR) is 119 cm³/mol. The molecule has 1 saturated heterocycles. The minimum atomic E-state index is -4.54. The highest BCUT2D eigenvalue weighted by Crippen LogP contribution is 2.65. The van der Waals surface area contributed by atoms with E-state index >= 15 is 0 Å². The molecule has 0 N–H and O–H groups in total. The van der Waals surface area contributed by atoms with Crippen LogP contribution in [0.2, 0.25) is 0 Å². The molecule has 0 bridgehead atoms. The van der Waals surface area contributed by atoms with Gasteiger partial charge in [0, 0.05) is 19.3 Å². The van der Waals surface area contributed by atoms with Gasteiger partial charge in [-0.2, -0.15) is 13.2 Å². The van der Waals surface area contributed by atoms with Crippen molar-refractivity contribution in [1.82, 2.24) is 24.6 Å². The highest BCUT2D eigenvalue weighted by Gasteiger charge is 2.59. The van der Waals surface area contributed by atoms with Gasteiger partial charge >= 0.3 is 6.18 Å².